The zero-order valence-corrected chi connectivity index (χ0v) is 10.3. The van der Waals surface area contributed by atoms with Gasteiger partial charge in [0, 0.05) is 30.4 Å². The summed E-state index contributed by atoms with van der Waals surface area (Å²) in [7, 11) is 0. The van der Waals surface area contributed by atoms with Gasteiger partial charge in [0.15, 0.2) is 0 Å². The second-order valence-electron chi connectivity index (χ2n) is 5.27. The third-order valence-corrected chi connectivity index (χ3v) is 4.11. The molecule has 1 aromatic heterocycles. The zero-order valence-electron chi connectivity index (χ0n) is 10.3. The van der Waals surface area contributed by atoms with Crippen molar-refractivity contribution in [3.05, 3.63) is 30.1 Å². The lowest BCUT2D eigenvalue weighted by Gasteiger charge is -2.37. The highest BCUT2D eigenvalue weighted by Gasteiger charge is 2.26. The zero-order chi connectivity index (χ0) is 11.5. The van der Waals surface area contributed by atoms with Crippen LogP contribution >= 0.6 is 0 Å². The Balaban J connectivity index is 1.67. The number of allylic oxidation sites excluding steroid dienone is 1. The van der Waals surface area contributed by atoms with Crippen molar-refractivity contribution in [2.45, 2.75) is 44.1 Å². The lowest BCUT2D eigenvalue weighted by Crippen LogP contribution is -2.41. The van der Waals surface area contributed by atoms with Gasteiger partial charge in [-0.15, -0.1) is 0 Å². The first-order valence-electron chi connectivity index (χ1n) is 6.83. The third kappa shape index (κ3) is 2.44. The normalized spacial score (nSPS) is 30.6. The number of aromatic amines is 1. The minimum atomic E-state index is 0.654. The van der Waals surface area contributed by atoms with Gasteiger partial charge in [-0.05, 0) is 44.7 Å². The molecular formula is C14H21N3. The van der Waals surface area contributed by atoms with E-state index in [0.29, 0.717) is 12.0 Å². The van der Waals surface area contributed by atoms with Crippen LogP contribution in [0.2, 0.25) is 0 Å². The molecule has 92 valence electrons. The van der Waals surface area contributed by atoms with E-state index in [9.17, 15) is 0 Å². The quantitative estimate of drug-likeness (QED) is 0.794. The molecule has 0 saturated carbocycles. The summed E-state index contributed by atoms with van der Waals surface area (Å²) >= 11 is 0. The fourth-order valence-corrected chi connectivity index (χ4v) is 3.15. The maximum atomic E-state index is 4.08. The van der Waals surface area contributed by atoms with E-state index in [2.05, 4.69) is 33.3 Å². The van der Waals surface area contributed by atoms with E-state index in [4.69, 9.17) is 0 Å². The smallest absolute Gasteiger partial charge is 0.0490 e. The van der Waals surface area contributed by atoms with Crippen molar-refractivity contribution in [2.24, 2.45) is 0 Å². The molecule has 0 unspecified atom stereocenters. The second-order valence-corrected chi connectivity index (χ2v) is 5.27. The first kappa shape index (κ1) is 11.0. The van der Waals surface area contributed by atoms with Crippen LogP contribution in [0, 0.1) is 0 Å². The molecule has 2 heterocycles. The number of aromatic nitrogens is 2. The van der Waals surface area contributed by atoms with Gasteiger partial charge in [0.05, 0.1) is 0 Å². The Morgan fingerprint density at radius 1 is 1.29 bits per heavy atom. The molecule has 17 heavy (non-hydrogen) atoms. The van der Waals surface area contributed by atoms with Crippen LogP contribution in [0.1, 0.15) is 43.7 Å². The molecule has 1 saturated heterocycles. The summed E-state index contributed by atoms with van der Waals surface area (Å²) in [4.78, 5) is 2.66. The molecular weight excluding hydrogens is 210 g/mol. The summed E-state index contributed by atoms with van der Waals surface area (Å²) in [6.45, 7) is 2.46. The van der Waals surface area contributed by atoms with Crippen LogP contribution in [0.3, 0.4) is 0 Å². The van der Waals surface area contributed by atoms with E-state index in [-0.39, 0.29) is 0 Å². The van der Waals surface area contributed by atoms with Gasteiger partial charge in [0.25, 0.3) is 0 Å². The monoisotopic (exact) mass is 231 g/mol. The minimum absolute atomic E-state index is 0.654. The summed E-state index contributed by atoms with van der Waals surface area (Å²) in [5.74, 6) is 0.654. The molecule has 1 aliphatic heterocycles. The number of nitrogens with zero attached hydrogens (tertiary/aromatic N) is 2. The van der Waals surface area contributed by atoms with Gasteiger partial charge >= 0.3 is 0 Å². The van der Waals surface area contributed by atoms with Crippen LogP contribution in [0.4, 0.5) is 0 Å². The number of nitrogens with one attached hydrogen (secondary N) is 1. The molecule has 2 atom stereocenters. The first-order chi connectivity index (χ1) is 8.43. The van der Waals surface area contributed by atoms with Crippen LogP contribution in [0.5, 0.6) is 0 Å². The molecule has 0 spiro atoms. The van der Waals surface area contributed by atoms with Crippen molar-refractivity contribution in [2.75, 3.05) is 13.1 Å². The number of H-pyrrole nitrogens is 1. The van der Waals surface area contributed by atoms with Crippen LogP contribution in [0.15, 0.2) is 24.4 Å². The molecule has 1 aromatic rings. The summed E-state index contributed by atoms with van der Waals surface area (Å²) in [6.07, 6.45) is 13.2. The fourth-order valence-electron chi connectivity index (χ4n) is 3.15. The second kappa shape index (κ2) is 5.05. The maximum absolute atomic E-state index is 4.08. The summed E-state index contributed by atoms with van der Waals surface area (Å²) in [6, 6.07) is 2.82. The molecule has 0 amide bonds. The van der Waals surface area contributed by atoms with E-state index in [1.165, 1.54) is 50.9 Å². The number of piperidine rings is 1. The van der Waals surface area contributed by atoms with Crippen molar-refractivity contribution in [3.8, 4) is 0 Å². The molecule has 0 aromatic carbocycles. The maximum Gasteiger partial charge on any atom is 0.0490 e. The highest BCUT2D eigenvalue weighted by Crippen LogP contribution is 2.28. The molecule has 2 aliphatic rings. The Kier molecular flexibility index (Phi) is 3.27. The lowest BCUT2D eigenvalue weighted by atomic mass is 9.92. The Hall–Kier alpha value is -1.09. The topological polar surface area (TPSA) is 31.9 Å². The van der Waals surface area contributed by atoms with Gasteiger partial charge in [-0.25, -0.2) is 0 Å². The van der Waals surface area contributed by atoms with Crippen LogP contribution in [-0.4, -0.2) is 34.2 Å². The average Bonchev–Trinajstić information content (AvgIpc) is 2.94. The molecule has 1 N–H and O–H groups in total. The van der Waals surface area contributed by atoms with E-state index >= 15 is 0 Å². The molecule has 3 rings (SSSR count). The molecule has 1 fully saturated rings. The fraction of sp³-hybridized carbons (Fsp3) is 0.643. The summed E-state index contributed by atoms with van der Waals surface area (Å²) in [5.41, 5.74) is 1.31. The Bertz CT molecular complexity index is 369. The molecule has 3 nitrogen and oxygen atoms in total. The third-order valence-electron chi connectivity index (χ3n) is 4.11. The SMILES string of the molecule is C1=C[C@H](N2CCC[C@H](c3ccn[nH]3)C2)CCC1. The highest BCUT2D eigenvalue weighted by atomic mass is 15.2. The Morgan fingerprint density at radius 3 is 3.06 bits per heavy atom. The summed E-state index contributed by atoms with van der Waals surface area (Å²) < 4.78 is 0. The van der Waals surface area contributed by atoms with Gasteiger partial charge in [-0.3, -0.25) is 10.00 Å². The van der Waals surface area contributed by atoms with Crippen molar-refractivity contribution < 1.29 is 0 Å². The van der Waals surface area contributed by atoms with E-state index < -0.39 is 0 Å². The highest BCUT2D eigenvalue weighted by molar-refractivity contribution is 5.09. The van der Waals surface area contributed by atoms with E-state index in [1.54, 1.807) is 0 Å². The number of hydrogen-bond acceptors (Lipinski definition) is 2. The van der Waals surface area contributed by atoms with Crippen molar-refractivity contribution in [1.82, 2.24) is 15.1 Å². The van der Waals surface area contributed by atoms with Crippen LogP contribution in [-0.2, 0) is 0 Å². The van der Waals surface area contributed by atoms with Crippen molar-refractivity contribution >= 4 is 0 Å². The van der Waals surface area contributed by atoms with Crippen LogP contribution in [0.25, 0.3) is 0 Å². The molecule has 0 radical (unpaired) electrons. The average molecular weight is 231 g/mol. The van der Waals surface area contributed by atoms with Gasteiger partial charge in [-0.1, -0.05) is 12.2 Å². The van der Waals surface area contributed by atoms with Gasteiger partial charge in [-0.2, -0.15) is 5.10 Å². The first-order valence-corrected chi connectivity index (χ1v) is 6.83. The van der Waals surface area contributed by atoms with Gasteiger partial charge in [0.2, 0.25) is 0 Å². The Labute approximate surface area is 103 Å². The van der Waals surface area contributed by atoms with E-state index in [1.807, 2.05) is 6.20 Å². The predicted molar refractivity (Wildman–Crippen MR) is 68.9 cm³/mol. The van der Waals surface area contributed by atoms with Crippen LogP contribution < -0.4 is 0 Å². The number of hydrogen-bond donors (Lipinski definition) is 1. The lowest BCUT2D eigenvalue weighted by molar-refractivity contribution is 0.161. The molecule has 0 bridgehead atoms. The Morgan fingerprint density at radius 2 is 2.29 bits per heavy atom. The predicted octanol–water partition coefficient (Wildman–Crippen LogP) is 2.70. The number of likely N-dealkylation sites (tertiary alicyclic amines) is 1. The van der Waals surface area contributed by atoms with Crippen molar-refractivity contribution in [1.29, 1.82) is 0 Å². The number of rotatable bonds is 2. The summed E-state index contributed by atoms with van der Waals surface area (Å²) in [5, 5.41) is 7.21. The largest absolute Gasteiger partial charge is 0.296 e. The van der Waals surface area contributed by atoms with Gasteiger partial charge in [0.1, 0.15) is 0 Å². The molecule has 3 heteroatoms. The standard InChI is InChI=1S/C14H21N3/c1-2-6-13(7-3-1)17-10-4-5-12(11-17)14-8-9-15-16-14/h2,6,8-9,12-13H,1,3-5,7,10-11H2,(H,15,16)/t12-,13-/m0/s1. The van der Waals surface area contributed by atoms with E-state index in [0.717, 1.165) is 0 Å². The van der Waals surface area contributed by atoms with Gasteiger partial charge < -0.3 is 0 Å². The molecule has 1 aliphatic carbocycles. The minimum Gasteiger partial charge on any atom is -0.296 e. The van der Waals surface area contributed by atoms with Crippen molar-refractivity contribution in [3.63, 3.8) is 0 Å².